The van der Waals surface area contributed by atoms with Gasteiger partial charge in [0, 0.05) is 5.56 Å². The van der Waals surface area contributed by atoms with Crippen LogP contribution < -0.4 is 0 Å². The topological polar surface area (TPSA) is 83.0 Å². The number of hydrogen-bond donors (Lipinski definition) is 0. The monoisotopic (exact) mass is 358 g/mol. The Labute approximate surface area is 149 Å². The molecule has 0 bridgehead atoms. The van der Waals surface area contributed by atoms with Crippen molar-refractivity contribution >= 4 is 17.7 Å². The lowest BCUT2D eigenvalue weighted by molar-refractivity contribution is -0.142. The van der Waals surface area contributed by atoms with Crippen LogP contribution in [-0.4, -0.2) is 38.1 Å². The lowest BCUT2D eigenvalue weighted by atomic mass is 10.1. The quantitative estimate of drug-likeness (QED) is 0.494. The van der Waals surface area contributed by atoms with E-state index in [9.17, 15) is 4.79 Å². The number of esters is 1. The third-order valence-electron chi connectivity index (χ3n) is 3.44. The summed E-state index contributed by atoms with van der Waals surface area (Å²) in [4.78, 5) is 16.3. The van der Waals surface area contributed by atoms with Gasteiger partial charge in [-0.15, -0.1) is 11.8 Å². The molecular weight excluding hydrogens is 340 g/mol. The van der Waals surface area contributed by atoms with Gasteiger partial charge >= 0.3 is 5.97 Å². The Hall–Kier alpha value is -2.61. The van der Waals surface area contributed by atoms with E-state index in [2.05, 4.69) is 15.2 Å². The van der Waals surface area contributed by atoms with E-state index in [-0.39, 0.29) is 12.5 Å². The number of rotatable bonds is 6. The standard InChI is InChI=1S/C17H18N4O3S/c1-11-5-4-6-13(7-11)17-18-16(20-24-17)14-8-12(2)19-21(14)9-15(22)23-10-25-3/h4-8H,9-10H2,1-3H3. The summed E-state index contributed by atoms with van der Waals surface area (Å²) in [5, 5.41) is 8.35. The maximum atomic E-state index is 11.9. The number of thioether (sulfide) groups is 1. The Balaban J connectivity index is 1.86. The SMILES string of the molecule is CSCOC(=O)Cn1nc(C)cc1-c1noc(-c2cccc(C)c2)n1. The summed E-state index contributed by atoms with van der Waals surface area (Å²) in [7, 11) is 0. The van der Waals surface area contributed by atoms with Crippen molar-refractivity contribution in [2.24, 2.45) is 0 Å². The number of aromatic nitrogens is 4. The number of benzene rings is 1. The summed E-state index contributed by atoms with van der Waals surface area (Å²) in [5.74, 6) is 0.763. The van der Waals surface area contributed by atoms with Crippen molar-refractivity contribution < 1.29 is 14.1 Å². The zero-order chi connectivity index (χ0) is 17.8. The fraction of sp³-hybridized carbons (Fsp3) is 0.294. The number of aryl methyl sites for hydroxylation is 2. The molecule has 25 heavy (non-hydrogen) atoms. The van der Waals surface area contributed by atoms with E-state index in [0.29, 0.717) is 23.3 Å². The Morgan fingerprint density at radius 1 is 1.32 bits per heavy atom. The van der Waals surface area contributed by atoms with Crippen LogP contribution in [0.25, 0.3) is 23.0 Å². The van der Waals surface area contributed by atoms with Crippen LogP contribution in [0.5, 0.6) is 0 Å². The molecule has 3 aromatic rings. The molecular formula is C17H18N4O3S. The normalized spacial score (nSPS) is 10.8. The minimum absolute atomic E-state index is 0.00193. The van der Waals surface area contributed by atoms with Gasteiger partial charge in [0.05, 0.1) is 5.69 Å². The molecule has 0 aliphatic rings. The van der Waals surface area contributed by atoms with Gasteiger partial charge in [-0.3, -0.25) is 4.79 Å². The zero-order valence-corrected chi connectivity index (χ0v) is 15.0. The highest BCUT2D eigenvalue weighted by Gasteiger charge is 2.18. The maximum absolute atomic E-state index is 11.9. The third kappa shape index (κ3) is 4.08. The number of nitrogens with zero attached hydrogens (tertiary/aromatic N) is 4. The number of hydrogen-bond acceptors (Lipinski definition) is 7. The van der Waals surface area contributed by atoms with Crippen LogP contribution in [0.1, 0.15) is 11.3 Å². The highest BCUT2D eigenvalue weighted by atomic mass is 32.2. The smallest absolute Gasteiger partial charge is 0.328 e. The van der Waals surface area contributed by atoms with Crippen molar-refractivity contribution in [2.45, 2.75) is 20.4 Å². The lowest BCUT2D eigenvalue weighted by Gasteiger charge is -2.05. The summed E-state index contributed by atoms with van der Waals surface area (Å²) in [5.41, 5.74) is 3.33. The molecule has 0 N–H and O–H groups in total. The van der Waals surface area contributed by atoms with Gasteiger partial charge in [-0.05, 0) is 38.3 Å². The summed E-state index contributed by atoms with van der Waals surface area (Å²) in [6.07, 6.45) is 1.86. The van der Waals surface area contributed by atoms with Gasteiger partial charge in [-0.25, -0.2) is 4.68 Å². The Kier molecular flexibility index (Phi) is 5.18. The first kappa shape index (κ1) is 17.2. The molecule has 0 fully saturated rings. The van der Waals surface area contributed by atoms with E-state index in [1.807, 2.05) is 50.4 Å². The van der Waals surface area contributed by atoms with Crippen molar-refractivity contribution in [2.75, 3.05) is 12.2 Å². The Morgan fingerprint density at radius 2 is 2.16 bits per heavy atom. The highest BCUT2D eigenvalue weighted by molar-refractivity contribution is 7.98. The third-order valence-corrected chi connectivity index (χ3v) is 3.79. The van der Waals surface area contributed by atoms with Crippen LogP contribution in [0.15, 0.2) is 34.9 Å². The molecule has 0 unspecified atom stereocenters. The molecule has 0 radical (unpaired) electrons. The Bertz CT molecular complexity index is 888. The molecule has 0 atom stereocenters. The molecule has 2 aromatic heterocycles. The molecule has 3 rings (SSSR count). The van der Waals surface area contributed by atoms with Gasteiger partial charge in [0.2, 0.25) is 5.82 Å². The second-order valence-corrected chi connectivity index (χ2v) is 6.36. The highest BCUT2D eigenvalue weighted by Crippen LogP contribution is 2.23. The molecule has 2 heterocycles. The molecule has 130 valence electrons. The van der Waals surface area contributed by atoms with Crippen LogP contribution in [0.2, 0.25) is 0 Å². The molecule has 0 amide bonds. The predicted molar refractivity (Wildman–Crippen MR) is 94.9 cm³/mol. The first-order chi connectivity index (χ1) is 12.1. The summed E-state index contributed by atoms with van der Waals surface area (Å²) >= 11 is 1.44. The predicted octanol–water partition coefficient (Wildman–Crippen LogP) is 3.08. The van der Waals surface area contributed by atoms with Crippen LogP contribution in [0.3, 0.4) is 0 Å². The lowest BCUT2D eigenvalue weighted by Crippen LogP contribution is -2.15. The van der Waals surface area contributed by atoms with Crippen LogP contribution >= 0.6 is 11.8 Å². The molecule has 0 saturated carbocycles. The van der Waals surface area contributed by atoms with E-state index in [1.165, 1.54) is 16.4 Å². The number of ether oxygens (including phenoxy) is 1. The van der Waals surface area contributed by atoms with Gasteiger partial charge in [-0.2, -0.15) is 10.1 Å². The fourth-order valence-electron chi connectivity index (χ4n) is 2.36. The molecule has 7 nitrogen and oxygen atoms in total. The molecule has 8 heteroatoms. The average molecular weight is 358 g/mol. The second-order valence-electron chi connectivity index (χ2n) is 5.54. The van der Waals surface area contributed by atoms with Crippen molar-refractivity contribution in [1.29, 1.82) is 0 Å². The second kappa shape index (κ2) is 7.52. The largest absolute Gasteiger partial charge is 0.453 e. The fourth-order valence-corrected chi connectivity index (χ4v) is 2.61. The van der Waals surface area contributed by atoms with Crippen LogP contribution in [0.4, 0.5) is 0 Å². The molecule has 0 spiro atoms. The van der Waals surface area contributed by atoms with Crippen molar-refractivity contribution in [3.05, 3.63) is 41.6 Å². The van der Waals surface area contributed by atoms with Gasteiger partial charge in [-0.1, -0.05) is 22.9 Å². The molecule has 0 aliphatic heterocycles. The molecule has 0 aliphatic carbocycles. The van der Waals surface area contributed by atoms with Crippen molar-refractivity contribution in [3.8, 4) is 23.0 Å². The first-order valence-electron chi connectivity index (χ1n) is 7.67. The molecule has 1 aromatic carbocycles. The van der Waals surface area contributed by atoms with E-state index in [1.54, 1.807) is 0 Å². The average Bonchev–Trinajstić information content (AvgIpc) is 3.19. The number of carbonyl (C=O) groups is 1. The number of carbonyl (C=O) groups excluding carboxylic acids is 1. The van der Waals surface area contributed by atoms with E-state index in [4.69, 9.17) is 9.26 Å². The molecule has 0 saturated heterocycles. The minimum atomic E-state index is -0.360. The van der Waals surface area contributed by atoms with Gasteiger partial charge in [0.25, 0.3) is 5.89 Å². The first-order valence-corrected chi connectivity index (χ1v) is 9.06. The zero-order valence-electron chi connectivity index (χ0n) is 14.2. The van der Waals surface area contributed by atoms with E-state index < -0.39 is 0 Å². The maximum Gasteiger partial charge on any atom is 0.328 e. The van der Waals surface area contributed by atoms with Gasteiger partial charge in [0.15, 0.2) is 0 Å². The van der Waals surface area contributed by atoms with Gasteiger partial charge < -0.3 is 9.26 Å². The summed E-state index contributed by atoms with van der Waals surface area (Å²) in [6, 6.07) is 9.63. The van der Waals surface area contributed by atoms with Crippen LogP contribution in [0, 0.1) is 13.8 Å². The Morgan fingerprint density at radius 3 is 2.92 bits per heavy atom. The van der Waals surface area contributed by atoms with Crippen molar-refractivity contribution in [1.82, 2.24) is 19.9 Å². The van der Waals surface area contributed by atoms with Gasteiger partial charge in [0.1, 0.15) is 18.2 Å². The van der Waals surface area contributed by atoms with E-state index >= 15 is 0 Å². The van der Waals surface area contributed by atoms with Crippen LogP contribution in [-0.2, 0) is 16.1 Å². The summed E-state index contributed by atoms with van der Waals surface area (Å²) in [6.45, 7) is 3.84. The summed E-state index contributed by atoms with van der Waals surface area (Å²) < 4.78 is 12.0. The van der Waals surface area contributed by atoms with E-state index in [0.717, 1.165) is 16.8 Å². The van der Waals surface area contributed by atoms with Crippen molar-refractivity contribution in [3.63, 3.8) is 0 Å². The minimum Gasteiger partial charge on any atom is -0.453 e.